The number of pyridine rings is 2. The summed E-state index contributed by atoms with van der Waals surface area (Å²) in [5.74, 6) is 0.327. The van der Waals surface area contributed by atoms with Gasteiger partial charge in [-0.25, -0.2) is 0 Å². The van der Waals surface area contributed by atoms with Crippen molar-refractivity contribution in [1.29, 1.82) is 0 Å². The van der Waals surface area contributed by atoms with Gasteiger partial charge in [-0.05, 0) is 18.6 Å². The highest BCUT2D eigenvalue weighted by Crippen LogP contribution is 2.27. The lowest BCUT2D eigenvalue weighted by Gasteiger charge is -2.07. The normalized spacial score (nSPS) is 10.6. The third-order valence-electron chi connectivity index (χ3n) is 2.38. The van der Waals surface area contributed by atoms with Gasteiger partial charge in [0.15, 0.2) is 0 Å². The van der Waals surface area contributed by atoms with Gasteiger partial charge in [-0.15, -0.1) is 11.6 Å². The maximum atomic E-state index is 11.6. The monoisotopic (exact) mass is 283 g/mol. The molecule has 2 rings (SSSR count). The van der Waals surface area contributed by atoms with Crippen molar-refractivity contribution in [3.63, 3.8) is 0 Å². The molecule has 0 bridgehead atoms. The number of amides is 1. The Balaban J connectivity index is 2.24. The molecule has 0 radical (unpaired) electrons. The summed E-state index contributed by atoms with van der Waals surface area (Å²) in [4.78, 5) is 19.9. The number of rotatable bonds is 4. The van der Waals surface area contributed by atoms with Gasteiger partial charge in [0.05, 0.1) is 22.4 Å². The van der Waals surface area contributed by atoms with Crippen LogP contribution in [-0.4, -0.2) is 21.8 Å². The molecule has 4 nitrogen and oxygen atoms in total. The molecular formula is C12H11Cl2N3O. The number of carbonyl (C=O) groups excluding carboxylic acids is 1. The van der Waals surface area contributed by atoms with E-state index < -0.39 is 0 Å². The van der Waals surface area contributed by atoms with Gasteiger partial charge in [0.25, 0.3) is 0 Å². The highest BCUT2D eigenvalue weighted by Gasteiger charge is 2.10. The van der Waals surface area contributed by atoms with Gasteiger partial charge >= 0.3 is 0 Å². The van der Waals surface area contributed by atoms with Crippen LogP contribution in [0.1, 0.15) is 12.8 Å². The number of anilines is 1. The van der Waals surface area contributed by atoms with E-state index >= 15 is 0 Å². The minimum atomic E-state index is -0.130. The summed E-state index contributed by atoms with van der Waals surface area (Å²) < 4.78 is 0. The number of nitrogens with zero attached hydrogens (tertiary/aromatic N) is 2. The second-order valence-electron chi connectivity index (χ2n) is 3.70. The first kappa shape index (κ1) is 13.1. The number of halogens is 2. The van der Waals surface area contributed by atoms with Crippen molar-refractivity contribution in [3.05, 3.63) is 29.5 Å². The third kappa shape index (κ3) is 2.89. The van der Waals surface area contributed by atoms with Crippen molar-refractivity contribution >= 4 is 45.8 Å². The largest absolute Gasteiger partial charge is 0.323 e. The molecule has 0 aliphatic carbocycles. The van der Waals surface area contributed by atoms with E-state index in [4.69, 9.17) is 23.2 Å². The molecule has 18 heavy (non-hydrogen) atoms. The molecule has 0 spiro atoms. The first-order valence-corrected chi connectivity index (χ1v) is 6.38. The lowest BCUT2D eigenvalue weighted by Crippen LogP contribution is -2.12. The van der Waals surface area contributed by atoms with Gasteiger partial charge in [0, 0.05) is 18.5 Å². The van der Waals surface area contributed by atoms with Gasteiger partial charge in [-0.2, -0.15) is 0 Å². The summed E-state index contributed by atoms with van der Waals surface area (Å²) in [5.41, 5.74) is 1.75. The number of aromatic nitrogens is 2. The Morgan fingerprint density at radius 2 is 2.22 bits per heavy atom. The highest BCUT2D eigenvalue weighted by atomic mass is 35.5. The maximum Gasteiger partial charge on any atom is 0.224 e. The van der Waals surface area contributed by atoms with Gasteiger partial charge < -0.3 is 5.32 Å². The van der Waals surface area contributed by atoms with Crippen molar-refractivity contribution in [2.75, 3.05) is 11.2 Å². The lowest BCUT2D eigenvalue weighted by molar-refractivity contribution is -0.116. The van der Waals surface area contributed by atoms with Crippen molar-refractivity contribution in [2.24, 2.45) is 0 Å². The smallest absolute Gasteiger partial charge is 0.224 e. The Kier molecular flexibility index (Phi) is 4.33. The fourth-order valence-corrected chi connectivity index (χ4v) is 1.89. The van der Waals surface area contributed by atoms with Gasteiger partial charge in [-0.1, -0.05) is 11.6 Å². The first-order valence-electron chi connectivity index (χ1n) is 5.47. The first-order chi connectivity index (χ1) is 8.72. The van der Waals surface area contributed by atoms with Crippen LogP contribution >= 0.6 is 23.2 Å². The molecule has 0 aromatic carbocycles. The second-order valence-corrected chi connectivity index (χ2v) is 4.45. The number of fused-ring (bicyclic) bond motifs is 1. The molecule has 0 fully saturated rings. The van der Waals surface area contributed by atoms with Gasteiger partial charge in [0.2, 0.25) is 5.91 Å². The standard InChI is InChI=1S/C12H11Cl2N3O/c13-5-1-4-10(18)17-9-7-16-8-3-2-6-15-12(8)11(9)14/h2-3,6-7H,1,4-5H2,(H,17,18). The van der Waals surface area contributed by atoms with Crippen LogP contribution < -0.4 is 5.32 Å². The van der Waals surface area contributed by atoms with Crippen LogP contribution in [0, 0.1) is 0 Å². The Labute approximate surface area is 114 Å². The zero-order valence-corrected chi connectivity index (χ0v) is 11.0. The predicted molar refractivity (Wildman–Crippen MR) is 73.1 cm³/mol. The molecule has 2 aromatic rings. The quantitative estimate of drug-likeness (QED) is 0.877. The molecule has 0 aliphatic heterocycles. The van der Waals surface area contributed by atoms with Crippen molar-refractivity contribution < 1.29 is 4.79 Å². The van der Waals surface area contributed by atoms with E-state index in [1.54, 1.807) is 12.3 Å². The molecular weight excluding hydrogens is 273 g/mol. The molecule has 0 atom stereocenters. The summed E-state index contributed by atoms with van der Waals surface area (Å²) in [5, 5.41) is 3.11. The van der Waals surface area contributed by atoms with E-state index in [9.17, 15) is 4.79 Å². The maximum absolute atomic E-state index is 11.6. The number of hydrogen-bond acceptors (Lipinski definition) is 3. The zero-order chi connectivity index (χ0) is 13.0. The summed E-state index contributed by atoms with van der Waals surface area (Å²) in [7, 11) is 0. The Morgan fingerprint density at radius 1 is 1.39 bits per heavy atom. The Hall–Kier alpha value is -1.39. The topological polar surface area (TPSA) is 54.9 Å². The predicted octanol–water partition coefficient (Wildman–Crippen LogP) is 3.24. The van der Waals surface area contributed by atoms with Crippen LogP contribution in [0.2, 0.25) is 5.02 Å². The molecule has 94 valence electrons. The SMILES string of the molecule is O=C(CCCCl)Nc1cnc2cccnc2c1Cl. The van der Waals surface area contributed by atoms with Gasteiger partial charge in [-0.3, -0.25) is 14.8 Å². The fourth-order valence-electron chi connectivity index (χ4n) is 1.52. The van der Waals surface area contributed by atoms with Crippen LogP contribution in [0.4, 0.5) is 5.69 Å². The molecule has 2 heterocycles. The van der Waals surface area contributed by atoms with E-state index in [0.717, 1.165) is 0 Å². The molecule has 6 heteroatoms. The van der Waals surface area contributed by atoms with Crippen LogP contribution in [0.25, 0.3) is 11.0 Å². The fraction of sp³-hybridized carbons (Fsp3) is 0.250. The van der Waals surface area contributed by atoms with Crippen LogP contribution in [0.15, 0.2) is 24.5 Å². The van der Waals surface area contributed by atoms with E-state index in [1.165, 1.54) is 6.20 Å². The van der Waals surface area contributed by atoms with Crippen molar-refractivity contribution in [3.8, 4) is 0 Å². The molecule has 2 aromatic heterocycles. The molecule has 1 N–H and O–H groups in total. The van der Waals surface area contributed by atoms with E-state index in [1.807, 2.05) is 6.07 Å². The summed E-state index contributed by atoms with van der Waals surface area (Å²) >= 11 is 11.7. The second kappa shape index (κ2) is 5.98. The van der Waals surface area contributed by atoms with E-state index in [0.29, 0.717) is 40.5 Å². The summed E-state index contributed by atoms with van der Waals surface area (Å²) in [6.45, 7) is 0. The average molecular weight is 284 g/mol. The molecule has 0 aliphatic rings. The van der Waals surface area contributed by atoms with Gasteiger partial charge in [0.1, 0.15) is 5.52 Å². The molecule has 0 unspecified atom stereocenters. The van der Waals surface area contributed by atoms with Crippen LogP contribution in [-0.2, 0) is 4.79 Å². The Morgan fingerprint density at radius 3 is 3.00 bits per heavy atom. The lowest BCUT2D eigenvalue weighted by atomic mass is 10.3. The van der Waals surface area contributed by atoms with Crippen LogP contribution in [0.3, 0.4) is 0 Å². The van der Waals surface area contributed by atoms with Crippen LogP contribution in [0.5, 0.6) is 0 Å². The average Bonchev–Trinajstić information content (AvgIpc) is 2.40. The van der Waals surface area contributed by atoms with Crippen molar-refractivity contribution in [2.45, 2.75) is 12.8 Å². The number of nitrogens with one attached hydrogen (secondary N) is 1. The summed E-state index contributed by atoms with van der Waals surface area (Å²) in [6, 6.07) is 3.59. The van der Waals surface area contributed by atoms with E-state index in [2.05, 4.69) is 15.3 Å². The third-order valence-corrected chi connectivity index (χ3v) is 3.02. The summed E-state index contributed by atoms with van der Waals surface area (Å²) in [6.07, 6.45) is 4.16. The molecule has 0 saturated carbocycles. The molecule has 1 amide bonds. The zero-order valence-electron chi connectivity index (χ0n) is 9.49. The minimum absolute atomic E-state index is 0.130. The number of hydrogen-bond donors (Lipinski definition) is 1. The number of alkyl halides is 1. The van der Waals surface area contributed by atoms with E-state index in [-0.39, 0.29) is 5.91 Å². The minimum Gasteiger partial charge on any atom is -0.323 e. The highest BCUT2D eigenvalue weighted by molar-refractivity contribution is 6.37. The molecule has 0 saturated heterocycles. The van der Waals surface area contributed by atoms with Crippen molar-refractivity contribution in [1.82, 2.24) is 9.97 Å². The Bertz CT molecular complexity index is 574. The number of carbonyl (C=O) groups is 1.